The van der Waals surface area contributed by atoms with Gasteiger partial charge in [-0.15, -0.1) is 0 Å². The Morgan fingerprint density at radius 3 is 1.65 bits per heavy atom. The standard InChI is InChI=1S/C40H73NO7/c1-6-8-10-11-12-13-14-15-16-17-18-19-20-21-22-23-24-25-26-27-29-31-39(43)48-36(35-47-38(42)30-28-9-7-2)34-46-33-32-37(40(44)45)41(3,4)5/h14-15,17-18,36-37H,6-13,16,19-35H2,1-5H3/b15-14-,18-17-. The number of nitrogens with zero attached hydrogens (tertiary/aromatic N) is 1. The molecule has 0 aliphatic heterocycles. The van der Waals surface area contributed by atoms with E-state index in [0.717, 1.165) is 44.9 Å². The van der Waals surface area contributed by atoms with Crippen molar-refractivity contribution in [1.29, 1.82) is 0 Å². The summed E-state index contributed by atoms with van der Waals surface area (Å²) in [5, 5.41) is 11.5. The van der Waals surface area contributed by atoms with Crippen molar-refractivity contribution in [3.63, 3.8) is 0 Å². The fourth-order valence-electron chi connectivity index (χ4n) is 5.51. The largest absolute Gasteiger partial charge is 0.544 e. The van der Waals surface area contributed by atoms with Crippen molar-refractivity contribution in [3.8, 4) is 0 Å². The molecule has 0 saturated heterocycles. The van der Waals surface area contributed by atoms with E-state index in [2.05, 4.69) is 38.2 Å². The number of unbranched alkanes of at least 4 members (excludes halogenated alkanes) is 16. The van der Waals surface area contributed by atoms with Crippen molar-refractivity contribution in [2.75, 3.05) is 41.0 Å². The van der Waals surface area contributed by atoms with Crippen LogP contribution in [0.5, 0.6) is 0 Å². The molecule has 0 aromatic heterocycles. The first-order chi connectivity index (χ1) is 23.1. The number of quaternary nitrogens is 1. The number of hydrogen-bond donors (Lipinski definition) is 0. The highest BCUT2D eigenvalue weighted by molar-refractivity contribution is 5.70. The van der Waals surface area contributed by atoms with Crippen molar-refractivity contribution < 1.29 is 38.2 Å². The zero-order valence-electron chi connectivity index (χ0n) is 31.7. The number of carboxylic acids is 1. The Labute approximate surface area is 294 Å². The zero-order chi connectivity index (χ0) is 35.7. The quantitative estimate of drug-likeness (QED) is 0.0291. The second-order valence-electron chi connectivity index (χ2n) is 14.2. The molecule has 0 aromatic carbocycles. The van der Waals surface area contributed by atoms with Crippen molar-refractivity contribution in [3.05, 3.63) is 24.3 Å². The van der Waals surface area contributed by atoms with Gasteiger partial charge in [-0.2, -0.15) is 0 Å². The minimum atomic E-state index is -1.13. The average Bonchev–Trinajstić information content (AvgIpc) is 3.03. The number of likely N-dealkylation sites (N-methyl/N-ethyl adjacent to an activating group) is 1. The lowest BCUT2D eigenvalue weighted by Crippen LogP contribution is -2.55. The van der Waals surface area contributed by atoms with Gasteiger partial charge in [0.1, 0.15) is 12.6 Å². The first-order valence-electron chi connectivity index (χ1n) is 19.4. The smallest absolute Gasteiger partial charge is 0.306 e. The Morgan fingerprint density at radius 1 is 0.625 bits per heavy atom. The molecular formula is C40H73NO7. The summed E-state index contributed by atoms with van der Waals surface area (Å²) in [6.45, 7) is 4.47. The summed E-state index contributed by atoms with van der Waals surface area (Å²) < 4.78 is 16.9. The Bertz CT molecular complexity index is 849. The van der Waals surface area contributed by atoms with Crippen LogP contribution in [0, 0.1) is 0 Å². The van der Waals surface area contributed by atoms with Crippen molar-refractivity contribution in [1.82, 2.24) is 0 Å². The van der Waals surface area contributed by atoms with E-state index in [1.54, 1.807) is 21.1 Å². The molecule has 48 heavy (non-hydrogen) atoms. The van der Waals surface area contributed by atoms with Crippen LogP contribution in [0.2, 0.25) is 0 Å². The third-order valence-electron chi connectivity index (χ3n) is 8.59. The summed E-state index contributed by atoms with van der Waals surface area (Å²) in [6.07, 6.45) is 32.8. The molecule has 0 fully saturated rings. The number of aliphatic carboxylic acids is 1. The average molecular weight is 680 g/mol. The van der Waals surface area contributed by atoms with Crippen LogP contribution in [-0.4, -0.2) is 75.5 Å². The number of allylic oxidation sites excluding steroid dienone is 4. The highest BCUT2D eigenvalue weighted by Crippen LogP contribution is 2.13. The molecule has 2 unspecified atom stereocenters. The van der Waals surface area contributed by atoms with Gasteiger partial charge in [0.25, 0.3) is 0 Å². The lowest BCUT2D eigenvalue weighted by molar-refractivity contribution is -0.889. The van der Waals surface area contributed by atoms with Crippen LogP contribution in [0.1, 0.15) is 162 Å². The predicted octanol–water partition coefficient (Wildman–Crippen LogP) is 8.41. The lowest BCUT2D eigenvalue weighted by atomic mass is 10.1. The molecule has 0 bridgehead atoms. The van der Waals surface area contributed by atoms with Crippen LogP contribution in [-0.2, 0) is 28.6 Å². The second kappa shape index (κ2) is 32.0. The maximum atomic E-state index is 12.6. The Hall–Kier alpha value is -2.19. The Balaban J connectivity index is 4.09. The van der Waals surface area contributed by atoms with Crippen LogP contribution >= 0.6 is 0 Å². The summed E-state index contributed by atoms with van der Waals surface area (Å²) in [5.74, 6) is -1.77. The zero-order valence-corrected chi connectivity index (χ0v) is 31.7. The van der Waals surface area contributed by atoms with Gasteiger partial charge < -0.3 is 28.6 Å². The van der Waals surface area contributed by atoms with Crippen LogP contribution in [0.15, 0.2) is 24.3 Å². The highest BCUT2D eigenvalue weighted by Gasteiger charge is 2.25. The summed E-state index contributed by atoms with van der Waals surface area (Å²) in [7, 11) is 5.38. The molecule has 0 N–H and O–H groups in total. The van der Waals surface area contributed by atoms with E-state index in [4.69, 9.17) is 14.2 Å². The predicted molar refractivity (Wildman–Crippen MR) is 194 cm³/mol. The molecule has 0 radical (unpaired) electrons. The molecule has 8 heteroatoms. The summed E-state index contributed by atoms with van der Waals surface area (Å²) in [4.78, 5) is 36.2. The number of carboxylic acid groups (broad SMARTS) is 1. The molecule has 8 nitrogen and oxygen atoms in total. The molecule has 0 rings (SSSR count). The molecule has 0 saturated carbocycles. The summed E-state index contributed by atoms with van der Waals surface area (Å²) in [5.41, 5.74) is 0. The van der Waals surface area contributed by atoms with E-state index in [1.807, 2.05) is 0 Å². The van der Waals surface area contributed by atoms with E-state index in [9.17, 15) is 19.5 Å². The molecule has 0 aromatic rings. The third-order valence-corrected chi connectivity index (χ3v) is 8.59. The molecule has 2 atom stereocenters. The molecular weight excluding hydrogens is 606 g/mol. The van der Waals surface area contributed by atoms with Gasteiger partial charge in [0.05, 0.1) is 40.3 Å². The maximum Gasteiger partial charge on any atom is 0.306 e. The van der Waals surface area contributed by atoms with Gasteiger partial charge >= 0.3 is 11.9 Å². The first-order valence-corrected chi connectivity index (χ1v) is 19.4. The number of carbonyl (C=O) groups is 3. The summed E-state index contributed by atoms with van der Waals surface area (Å²) >= 11 is 0. The summed E-state index contributed by atoms with van der Waals surface area (Å²) in [6, 6.07) is -0.720. The molecule has 0 aliphatic rings. The van der Waals surface area contributed by atoms with Gasteiger partial charge in [0.15, 0.2) is 6.10 Å². The SMILES string of the molecule is CCCCCCC/C=C\C/C=C\CCCCCCCCCCCC(=O)OC(COCCC(C(=O)[O-])[N+](C)(C)C)COC(=O)CCCCC. The van der Waals surface area contributed by atoms with E-state index >= 15 is 0 Å². The van der Waals surface area contributed by atoms with E-state index in [0.29, 0.717) is 12.8 Å². The van der Waals surface area contributed by atoms with Crippen LogP contribution < -0.4 is 5.11 Å². The Kier molecular flexibility index (Phi) is 30.6. The van der Waals surface area contributed by atoms with Crippen molar-refractivity contribution in [2.45, 2.75) is 174 Å². The van der Waals surface area contributed by atoms with E-state index in [1.165, 1.54) is 83.5 Å². The van der Waals surface area contributed by atoms with Crippen molar-refractivity contribution >= 4 is 17.9 Å². The minimum absolute atomic E-state index is 0.0395. The third kappa shape index (κ3) is 29.9. The molecule has 0 aliphatic carbocycles. The number of ether oxygens (including phenoxy) is 3. The van der Waals surface area contributed by atoms with Gasteiger partial charge in [0.2, 0.25) is 0 Å². The fourth-order valence-corrected chi connectivity index (χ4v) is 5.51. The monoisotopic (exact) mass is 680 g/mol. The topological polar surface area (TPSA) is 102 Å². The van der Waals surface area contributed by atoms with Gasteiger partial charge in [-0.25, -0.2) is 0 Å². The number of carbonyl (C=O) groups excluding carboxylic acids is 3. The lowest BCUT2D eigenvalue weighted by Gasteiger charge is -2.34. The maximum absolute atomic E-state index is 12.6. The minimum Gasteiger partial charge on any atom is -0.544 e. The van der Waals surface area contributed by atoms with Gasteiger partial charge in [-0.05, 0) is 44.9 Å². The van der Waals surface area contributed by atoms with Crippen LogP contribution in [0.3, 0.4) is 0 Å². The number of esters is 2. The van der Waals surface area contributed by atoms with Gasteiger partial charge in [0, 0.05) is 19.3 Å². The van der Waals surface area contributed by atoms with Crippen LogP contribution in [0.4, 0.5) is 0 Å². The van der Waals surface area contributed by atoms with E-state index in [-0.39, 0.29) is 42.7 Å². The van der Waals surface area contributed by atoms with Crippen molar-refractivity contribution in [2.24, 2.45) is 0 Å². The fraction of sp³-hybridized carbons (Fsp3) is 0.825. The number of rotatable bonds is 34. The normalized spacial score (nSPS) is 13.3. The second-order valence-corrected chi connectivity index (χ2v) is 14.2. The highest BCUT2D eigenvalue weighted by atomic mass is 16.6. The van der Waals surface area contributed by atoms with Crippen LogP contribution in [0.25, 0.3) is 0 Å². The molecule has 0 amide bonds. The molecule has 280 valence electrons. The van der Waals surface area contributed by atoms with Gasteiger partial charge in [-0.3, -0.25) is 9.59 Å². The first kappa shape index (κ1) is 45.8. The molecule has 0 heterocycles. The van der Waals surface area contributed by atoms with Gasteiger partial charge in [-0.1, -0.05) is 122 Å². The number of hydrogen-bond acceptors (Lipinski definition) is 7. The molecule has 0 spiro atoms. The van der Waals surface area contributed by atoms with E-state index < -0.39 is 18.1 Å². The Morgan fingerprint density at radius 2 is 1.10 bits per heavy atom.